The molecule has 0 radical (unpaired) electrons. The Kier molecular flexibility index (Phi) is 5.86. The maximum atomic E-state index is 13.0. The third-order valence-corrected chi connectivity index (χ3v) is 5.09. The average Bonchev–Trinajstić information content (AvgIpc) is 2.73. The molecule has 1 aliphatic heterocycles. The lowest BCUT2D eigenvalue weighted by Crippen LogP contribution is -2.30. The average molecular weight is 425 g/mol. The molecule has 1 aromatic heterocycles. The van der Waals surface area contributed by atoms with Gasteiger partial charge in [-0.1, -0.05) is 35.9 Å². The molecular weight excluding hydrogens is 404 g/mol. The highest BCUT2D eigenvalue weighted by atomic mass is 35.5. The van der Waals surface area contributed by atoms with Gasteiger partial charge in [-0.3, -0.25) is 9.59 Å². The summed E-state index contributed by atoms with van der Waals surface area (Å²) in [7, 11) is 0. The molecule has 0 spiro atoms. The summed E-state index contributed by atoms with van der Waals surface area (Å²) in [6.07, 6.45) is 0.589. The van der Waals surface area contributed by atoms with Crippen molar-refractivity contribution in [3.05, 3.63) is 86.3 Å². The summed E-state index contributed by atoms with van der Waals surface area (Å²) in [6, 6.07) is 14.5. The SMILES string of the molecule is Cc1cc(Cc2cccc3c2OCCO3)c(=O)n(CC(=O)Cc2ccc(Cl)cc2)n1. The maximum Gasteiger partial charge on any atom is 0.270 e. The highest BCUT2D eigenvalue weighted by molar-refractivity contribution is 6.30. The Bertz CT molecular complexity index is 1140. The first-order chi connectivity index (χ1) is 14.5. The van der Waals surface area contributed by atoms with Gasteiger partial charge in [0.1, 0.15) is 19.8 Å². The van der Waals surface area contributed by atoms with Crippen molar-refractivity contribution in [2.45, 2.75) is 26.3 Å². The molecule has 2 aromatic carbocycles. The van der Waals surface area contributed by atoms with E-state index in [2.05, 4.69) is 5.10 Å². The second-order valence-electron chi connectivity index (χ2n) is 7.23. The third kappa shape index (κ3) is 4.54. The topological polar surface area (TPSA) is 70.4 Å². The Labute approximate surface area is 179 Å². The number of ether oxygens (including phenoxy) is 2. The van der Waals surface area contributed by atoms with Crippen LogP contribution < -0.4 is 15.0 Å². The predicted molar refractivity (Wildman–Crippen MR) is 114 cm³/mol. The molecule has 0 aliphatic carbocycles. The molecule has 4 rings (SSSR count). The molecule has 0 N–H and O–H groups in total. The number of fused-ring (bicyclic) bond motifs is 1. The van der Waals surface area contributed by atoms with Crippen LogP contribution in [-0.4, -0.2) is 28.8 Å². The molecule has 30 heavy (non-hydrogen) atoms. The number of Topliss-reactive ketones (excluding diaryl/α,β-unsaturated/α-hetero) is 1. The number of ketones is 1. The lowest BCUT2D eigenvalue weighted by Gasteiger charge is -2.21. The number of halogens is 1. The molecule has 0 amide bonds. The monoisotopic (exact) mass is 424 g/mol. The van der Waals surface area contributed by atoms with E-state index in [-0.39, 0.29) is 24.3 Å². The van der Waals surface area contributed by atoms with Crippen molar-refractivity contribution in [1.29, 1.82) is 0 Å². The fraction of sp³-hybridized carbons (Fsp3) is 0.261. The molecule has 0 fully saturated rings. The quantitative estimate of drug-likeness (QED) is 0.606. The second-order valence-corrected chi connectivity index (χ2v) is 7.67. The Morgan fingerprint density at radius 3 is 2.67 bits per heavy atom. The minimum atomic E-state index is -0.278. The van der Waals surface area contributed by atoms with E-state index < -0.39 is 0 Å². The van der Waals surface area contributed by atoms with Crippen molar-refractivity contribution >= 4 is 17.4 Å². The van der Waals surface area contributed by atoms with Crippen LogP contribution in [0, 0.1) is 6.92 Å². The summed E-state index contributed by atoms with van der Waals surface area (Å²) in [5.74, 6) is 1.25. The molecule has 2 heterocycles. The number of aromatic nitrogens is 2. The van der Waals surface area contributed by atoms with Crippen molar-refractivity contribution < 1.29 is 14.3 Å². The first kappa shape index (κ1) is 20.2. The zero-order valence-electron chi connectivity index (χ0n) is 16.6. The molecule has 3 aromatic rings. The zero-order valence-corrected chi connectivity index (χ0v) is 17.3. The zero-order chi connectivity index (χ0) is 21.1. The van der Waals surface area contributed by atoms with Gasteiger partial charge in [-0.2, -0.15) is 5.10 Å². The lowest BCUT2D eigenvalue weighted by molar-refractivity contribution is -0.119. The minimum absolute atomic E-state index is 0.0807. The number of para-hydroxylation sites is 1. The van der Waals surface area contributed by atoms with Crippen LogP contribution in [0.15, 0.2) is 53.3 Å². The Balaban J connectivity index is 1.56. The van der Waals surface area contributed by atoms with Crippen LogP contribution in [0.2, 0.25) is 5.02 Å². The predicted octanol–water partition coefficient (Wildman–Crippen LogP) is 3.38. The van der Waals surface area contributed by atoms with Gasteiger partial charge in [-0.15, -0.1) is 0 Å². The van der Waals surface area contributed by atoms with Crippen LogP contribution in [0.25, 0.3) is 0 Å². The van der Waals surface area contributed by atoms with Crippen LogP contribution in [0.4, 0.5) is 0 Å². The van der Waals surface area contributed by atoms with E-state index in [0.29, 0.717) is 47.4 Å². The summed E-state index contributed by atoms with van der Waals surface area (Å²) < 4.78 is 12.6. The second kappa shape index (κ2) is 8.71. The summed E-state index contributed by atoms with van der Waals surface area (Å²) in [5.41, 5.74) is 2.67. The minimum Gasteiger partial charge on any atom is -0.486 e. The van der Waals surface area contributed by atoms with E-state index in [9.17, 15) is 9.59 Å². The van der Waals surface area contributed by atoms with Gasteiger partial charge in [0.05, 0.1) is 5.69 Å². The number of benzene rings is 2. The number of aryl methyl sites for hydroxylation is 1. The summed E-state index contributed by atoms with van der Waals surface area (Å²) in [6.45, 7) is 2.71. The number of carbonyl (C=O) groups excluding carboxylic acids is 1. The molecule has 0 saturated carbocycles. The Hall–Kier alpha value is -3.12. The Morgan fingerprint density at radius 2 is 1.87 bits per heavy atom. The smallest absolute Gasteiger partial charge is 0.270 e. The largest absolute Gasteiger partial charge is 0.486 e. The fourth-order valence-corrected chi connectivity index (χ4v) is 3.64. The van der Waals surface area contributed by atoms with E-state index in [4.69, 9.17) is 21.1 Å². The molecule has 154 valence electrons. The number of carbonyl (C=O) groups is 1. The summed E-state index contributed by atoms with van der Waals surface area (Å²) >= 11 is 5.89. The number of nitrogens with zero attached hydrogens (tertiary/aromatic N) is 2. The first-order valence-corrected chi connectivity index (χ1v) is 10.1. The van der Waals surface area contributed by atoms with Gasteiger partial charge in [-0.25, -0.2) is 4.68 Å². The van der Waals surface area contributed by atoms with Gasteiger partial charge in [0, 0.05) is 29.0 Å². The molecule has 0 saturated heterocycles. The van der Waals surface area contributed by atoms with Crippen LogP contribution in [0.5, 0.6) is 11.5 Å². The van der Waals surface area contributed by atoms with Gasteiger partial charge in [0.2, 0.25) is 0 Å². The fourth-order valence-electron chi connectivity index (χ4n) is 3.51. The normalized spacial score (nSPS) is 12.6. The molecular formula is C23H21ClN2O4. The highest BCUT2D eigenvalue weighted by Gasteiger charge is 2.18. The van der Waals surface area contributed by atoms with Crippen LogP contribution in [0.1, 0.15) is 22.4 Å². The van der Waals surface area contributed by atoms with Gasteiger partial charge in [0.25, 0.3) is 5.56 Å². The third-order valence-electron chi connectivity index (χ3n) is 4.84. The van der Waals surface area contributed by atoms with Crippen LogP contribution in [-0.2, 0) is 24.2 Å². The van der Waals surface area contributed by atoms with Gasteiger partial charge in [-0.05, 0) is 36.8 Å². The standard InChI is InChI=1S/C23H21ClN2O4/c1-15-11-18(13-17-3-2-4-21-22(17)30-10-9-29-21)23(28)26(25-15)14-20(27)12-16-5-7-19(24)8-6-16/h2-8,11H,9-10,12-14H2,1H3. The van der Waals surface area contributed by atoms with E-state index in [1.54, 1.807) is 30.3 Å². The summed E-state index contributed by atoms with van der Waals surface area (Å²) in [5, 5.41) is 4.88. The van der Waals surface area contributed by atoms with E-state index >= 15 is 0 Å². The molecule has 0 unspecified atom stereocenters. The van der Waals surface area contributed by atoms with Crippen molar-refractivity contribution in [2.75, 3.05) is 13.2 Å². The van der Waals surface area contributed by atoms with E-state index in [0.717, 1.165) is 11.1 Å². The number of hydrogen-bond acceptors (Lipinski definition) is 5. The highest BCUT2D eigenvalue weighted by Crippen LogP contribution is 2.34. The molecule has 1 aliphatic rings. The van der Waals surface area contributed by atoms with Crippen molar-refractivity contribution in [3.8, 4) is 11.5 Å². The van der Waals surface area contributed by atoms with Crippen LogP contribution in [0.3, 0.4) is 0 Å². The van der Waals surface area contributed by atoms with Crippen molar-refractivity contribution in [1.82, 2.24) is 9.78 Å². The maximum absolute atomic E-state index is 13.0. The molecule has 0 atom stereocenters. The first-order valence-electron chi connectivity index (χ1n) is 9.71. The molecule has 0 bridgehead atoms. The van der Waals surface area contributed by atoms with Crippen LogP contribution >= 0.6 is 11.6 Å². The number of rotatable bonds is 6. The molecule has 7 heteroatoms. The van der Waals surface area contributed by atoms with Crippen molar-refractivity contribution in [2.24, 2.45) is 0 Å². The van der Waals surface area contributed by atoms with Gasteiger partial charge >= 0.3 is 0 Å². The van der Waals surface area contributed by atoms with E-state index in [1.165, 1.54) is 4.68 Å². The lowest BCUT2D eigenvalue weighted by atomic mass is 10.0. The molecule has 6 nitrogen and oxygen atoms in total. The van der Waals surface area contributed by atoms with E-state index in [1.807, 2.05) is 25.1 Å². The summed E-state index contributed by atoms with van der Waals surface area (Å²) in [4.78, 5) is 25.5. The van der Waals surface area contributed by atoms with Gasteiger partial charge in [0.15, 0.2) is 17.3 Å². The number of hydrogen-bond donors (Lipinski definition) is 0. The van der Waals surface area contributed by atoms with Crippen molar-refractivity contribution in [3.63, 3.8) is 0 Å². The van der Waals surface area contributed by atoms with Gasteiger partial charge < -0.3 is 9.47 Å². The Morgan fingerprint density at radius 1 is 1.10 bits per heavy atom.